The summed E-state index contributed by atoms with van der Waals surface area (Å²) in [7, 11) is 0. The Bertz CT molecular complexity index is 283. The van der Waals surface area contributed by atoms with Crippen LogP contribution in [0.25, 0.3) is 0 Å². The molecule has 0 saturated carbocycles. The molecule has 0 radical (unpaired) electrons. The van der Waals surface area contributed by atoms with Crippen LogP contribution in [-0.2, 0) is 11.3 Å². The molecule has 1 aromatic heterocycles. The summed E-state index contributed by atoms with van der Waals surface area (Å²) in [6.45, 7) is 0. The van der Waals surface area contributed by atoms with Crippen molar-refractivity contribution in [1.29, 1.82) is 0 Å². The third-order valence-corrected chi connectivity index (χ3v) is 1.26. The van der Waals surface area contributed by atoms with Crippen LogP contribution >= 0.6 is 0 Å². The molecule has 0 spiro atoms. The van der Waals surface area contributed by atoms with E-state index < -0.39 is 0 Å². The van der Waals surface area contributed by atoms with E-state index >= 15 is 0 Å². The molecule has 0 aliphatic heterocycles. The predicted octanol–water partition coefficient (Wildman–Crippen LogP) is 0.455. The SMILES string of the molecule is O=Cc1ccc(C=S=O)o1. The Labute approximate surface area is 60.7 Å². The largest absolute Gasteiger partial charge is 0.453 e. The summed E-state index contributed by atoms with van der Waals surface area (Å²) >= 11 is 0.294. The Morgan fingerprint density at radius 2 is 2.10 bits per heavy atom. The van der Waals surface area contributed by atoms with Crippen LogP contribution in [0.3, 0.4) is 0 Å². The van der Waals surface area contributed by atoms with Gasteiger partial charge in [-0.2, -0.15) is 0 Å². The van der Waals surface area contributed by atoms with Gasteiger partial charge in [0.2, 0.25) is 0 Å². The highest BCUT2D eigenvalue weighted by atomic mass is 32.1. The Morgan fingerprint density at radius 3 is 2.60 bits per heavy atom. The van der Waals surface area contributed by atoms with Gasteiger partial charge < -0.3 is 4.42 Å². The van der Waals surface area contributed by atoms with E-state index in [4.69, 9.17) is 4.42 Å². The van der Waals surface area contributed by atoms with Gasteiger partial charge in [-0.25, -0.2) is 4.21 Å². The maximum absolute atomic E-state index is 10.0. The molecule has 0 aromatic carbocycles. The zero-order valence-electron chi connectivity index (χ0n) is 4.94. The number of aldehydes is 1. The monoisotopic (exact) mass is 156 g/mol. The molecule has 0 unspecified atom stereocenters. The Hall–Kier alpha value is -1.16. The summed E-state index contributed by atoms with van der Waals surface area (Å²) in [5.41, 5.74) is 0. The van der Waals surface area contributed by atoms with Crippen molar-refractivity contribution in [1.82, 2.24) is 0 Å². The molecular formula is C6H4O3S. The Morgan fingerprint density at radius 1 is 1.40 bits per heavy atom. The molecule has 0 aliphatic carbocycles. The lowest BCUT2D eigenvalue weighted by molar-refractivity contribution is 0.110. The number of carbonyl (C=O) groups is 1. The van der Waals surface area contributed by atoms with Gasteiger partial charge in [0.15, 0.2) is 12.0 Å². The number of hydrogen-bond donors (Lipinski definition) is 0. The van der Waals surface area contributed by atoms with Gasteiger partial charge in [-0.1, -0.05) is 0 Å². The molecule has 1 aromatic rings. The van der Waals surface area contributed by atoms with Crippen molar-refractivity contribution < 1.29 is 13.4 Å². The van der Waals surface area contributed by atoms with Crippen LogP contribution in [0.15, 0.2) is 16.5 Å². The normalized spacial score (nSPS) is 8.80. The quantitative estimate of drug-likeness (QED) is 0.461. The third-order valence-electron chi connectivity index (χ3n) is 0.928. The number of carbonyl (C=O) groups excluding carboxylic acids is 1. The van der Waals surface area contributed by atoms with Crippen molar-refractivity contribution in [3.63, 3.8) is 0 Å². The maximum atomic E-state index is 10.0. The van der Waals surface area contributed by atoms with Crippen LogP contribution in [0.4, 0.5) is 0 Å². The zero-order chi connectivity index (χ0) is 7.40. The van der Waals surface area contributed by atoms with Crippen LogP contribution in [0.2, 0.25) is 0 Å². The first-order valence-corrected chi connectivity index (χ1v) is 3.34. The van der Waals surface area contributed by atoms with Gasteiger partial charge >= 0.3 is 0 Å². The second kappa shape index (κ2) is 3.12. The molecular weight excluding hydrogens is 152 g/mol. The molecule has 0 bridgehead atoms. The highest BCUT2D eigenvalue weighted by Gasteiger charge is 1.95. The van der Waals surface area contributed by atoms with Crippen LogP contribution < -0.4 is 0 Å². The fourth-order valence-corrected chi connectivity index (χ4v) is 0.764. The summed E-state index contributed by atoms with van der Waals surface area (Å²) in [5, 5.41) is 1.28. The van der Waals surface area contributed by atoms with Gasteiger partial charge in [-0.05, 0) is 12.1 Å². The first kappa shape index (κ1) is 6.95. The molecule has 10 heavy (non-hydrogen) atoms. The van der Waals surface area contributed by atoms with Crippen LogP contribution in [0.1, 0.15) is 16.3 Å². The summed E-state index contributed by atoms with van der Waals surface area (Å²) in [6.07, 6.45) is 0.590. The van der Waals surface area contributed by atoms with Crippen molar-refractivity contribution in [3.8, 4) is 0 Å². The number of hydrogen-bond acceptors (Lipinski definition) is 3. The third kappa shape index (κ3) is 1.41. The fourth-order valence-electron chi connectivity index (χ4n) is 0.542. The summed E-state index contributed by atoms with van der Waals surface area (Å²) in [6, 6.07) is 3.07. The lowest BCUT2D eigenvalue weighted by atomic mass is 10.5. The molecule has 0 saturated heterocycles. The smallest absolute Gasteiger partial charge is 0.185 e. The summed E-state index contributed by atoms with van der Waals surface area (Å²) in [4.78, 5) is 10.0. The second-order valence-electron chi connectivity index (χ2n) is 1.57. The van der Waals surface area contributed by atoms with Gasteiger partial charge in [-0.3, -0.25) is 4.79 Å². The molecule has 3 nitrogen and oxygen atoms in total. The van der Waals surface area contributed by atoms with Gasteiger partial charge in [0.1, 0.15) is 5.76 Å². The zero-order valence-corrected chi connectivity index (χ0v) is 5.76. The Balaban J connectivity index is 2.98. The average molecular weight is 156 g/mol. The summed E-state index contributed by atoms with van der Waals surface area (Å²) < 4.78 is 14.7. The van der Waals surface area contributed by atoms with Crippen LogP contribution in [0, 0.1) is 0 Å². The molecule has 0 fully saturated rings. The molecule has 1 heterocycles. The number of rotatable bonds is 2. The molecule has 52 valence electrons. The van der Waals surface area contributed by atoms with E-state index in [0.717, 1.165) is 0 Å². The molecule has 0 amide bonds. The Kier molecular flexibility index (Phi) is 2.17. The van der Waals surface area contributed by atoms with Crippen molar-refractivity contribution in [2.45, 2.75) is 0 Å². The minimum absolute atomic E-state index is 0.236. The van der Waals surface area contributed by atoms with Crippen molar-refractivity contribution in [2.75, 3.05) is 0 Å². The standard InChI is InChI=1S/C6H4O3S/c7-3-5-1-2-6(9-5)4-10-8/h1-4H. The van der Waals surface area contributed by atoms with E-state index in [1.165, 1.54) is 11.4 Å². The van der Waals surface area contributed by atoms with Crippen molar-refractivity contribution in [2.24, 2.45) is 0 Å². The van der Waals surface area contributed by atoms with E-state index in [1.807, 2.05) is 0 Å². The lowest BCUT2D eigenvalue weighted by Gasteiger charge is -1.76. The second-order valence-corrected chi connectivity index (χ2v) is 2.00. The highest BCUT2D eigenvalue weighted by molar-refractivity contribution is 7.65. The van der Waals surface area contributed by atoms with Gasteiger partial charge in [0.05, 0.1) is 16.6 Å². The minimum atomic E-state index is 0.236. The van der Waals surface area contributed by atoms with Gasteiger partial charge in [0, 0.05) is 0 Å². The van der Waals surface area contributed by atoms with Crippen molar-refractivity contribution in [3.05, 3.63) is 23.7 Å². The van der Waals surface area contributed by atoms with E-state index in [-0.39, 0.29) is 5.76 Å². The average Bonchev–Trinajstić information content (AvgIpc) is 2.37. The molecule has 0 N–H and O–H groups in total. The fraction of sp³-hybridized carbons (Fsp3) is 0. The minimum Gasteiger partial charge on any atom is -0.453 e. The maximum Gasteiger partial charge on any atom is 0.185 e. The first-order valence-electron chi connectivity index (χ1n) is 2.53. The first-order chi connectivity index (χ1) is 4.86. The van der Waals surface area contributed by atoms with Gasteiger partial charge in [0.25, 0.3) is 0 Å². The molecule has 0 atom stereocenters. The lowest BCUT2D eigenvalue weighted by Crippen LogP contribution is -1.72. The highest BCUT2D eigenvalue weighted by Crippen LogP contribution is 2.01. The molecule has 4 heteroatoms. The van der Waals surface area contributed by atoms with E-state index in [9.17, 15) is 9.00 Å². The van der Waals surface area contributed by atoms with Gasteiger partial charge in [-0.15, -0.1) is 0 Å². The molecule has 1 rings (SSSR count). The topological polar surface area (TPSA) is 47.3 Å². The van der Waals surface area contributed by atoms with Crippen LogP contribution in [-0.4, -0.2) is 15.9 Å². The molecule has 0 aliphatic rings. The van der Waals surface area contributed by atoms with Crippen LogP contribution in [0.5, 0.6) is 0 Å². The van der Waals surface area contributed by atoms with E-state index in [0.29, 0.717) is 23.3 Å². The van der Waals surface area contributed by atoms with E-state index in [2.05, 4.69) is 0 Å². The number of furan rings is 1. The van der Waals surface area contributed by atoms with Crippen molar-refractivity contribution >= 4 is 22.9 Å². The predicted molar refractivity (Wildman–Crippen MR) is 37.4 cm³/mol. The van der Waals surface area contributed by atoms with E-state index in [1.54, 1.807) is 6.07 Å². The summed E-state index contributed by atoms with van der Waals surface area (Å²) in [5.74, 6) is 0.655.